The van der Waals surface area contributed by atoms with Crippen LogP contribution >= 0.6 is 11.8 Å². The SMILES string of the molecule is Cc1ccc(F)c(C2=NC(C(=O)O)CS2)c1. The number of aliphatic imine (C=N–C) groups is 1. The van der Waals surface area contributed by atoms with Crippen LogP contribution in [0.4, 0.5) is 4.39 Å². The van der Waals surface area contributed by atoms with Crippen LogP contribution < -0.4 is 0 Å². The van der Waals surface area contributed by atoms with Crippen LogP contribution in [0.5, 0.6) is 0 Å². The average Bonchev–Trinajstić information content (AvgIpc) is 2.70. The standard InChI is InChI=1S/C11H10FNO2S/c1-6-2-3-8(12)7(4-6)10-13-9(5-16-10)11(14)15/h2-4,9H,5H2,1H3,(H,14,15). The van der Waals surface area contributed by atoms with Crippen LogP contribution in [0.2, 0.25) is 0 Å². The number of carboxylic acid groups (broad SMARTS) is 1. The van der Waals surface area contributed by atoms with Crippen molar-refractivity contribution in [3.05, 3.63) is 35.1 Å². The van der Waals surface area contributed by atoms with Gasteiger partial charge >= 0.3 is 5.97 Å². The van der Waals surface area contributed by atoms with Gasteiger partial charge in [-0.25, -0.2) is 9.18 Å². The first-order chi connectivity index (χ1) is 7.58. The van der Waals surface area contributed by atoms with Crippen molar-refractivity contribution >= 4 is 22.8 Å². The summed E-state index contributed by atoms with van der Waals surface area (Å²) >= 11 is 1.28. The number of carboxylic acids is 1. The molecular weight excluding hydrogens is 229 g/mol. The Kier molecular flexibility index (Phi) is 2.96. The van der Waals surface area contributed by atoms with E-state index in [2.05, 4.69) is 4.99 Å². The fraction of sp³-hybridized carbons (Fsp3) is 0.273. The Morgan fingerprint density at radius 3 is 3.00 bits per heavy atom. The summed E-state index contributed by atoms with van der Waals surface area (Å²) in [5, 5.41) is 9.27. The minimum absolute atomic E-state index is 0.358. The molecule has 5 heteroatoms. The first-order valence-corrected chi connectivity index (χ1v) is 5.76. The summed E-state index contributed by atoms with van der Waals surface area (Å²) in [6.07, 6.45) is 0. The molecule has 1 N–H and O–H groups in total. The molecule has 0 radical (unpaired) electrons. The molecule has 1 aliphatic rings. The van der Waals surface area contributed by atoms with E-state index < -0.39 is 12.0 Å². The lowest BCUT2D eigenvalue weighted by Crippen LogP contribution is -2.17. The number of hydrogen-bond donors (Lipinski definition) is 1. The van der Waals surface area contributed by atoms with Gasteiger partial charge in [0, 0.05) is 11.3 Å². The summed E-state index contributed by atoms with van der Waals surface area (Å²) < 4.78 is 13.5. The highest BCUT2D eigenvalue weighted by molar-refractivity contribution is 8.14. The zero-order valence-corrected chi connectivity index (χ0v) is 9.42. The summed E-state index contributed by atoms with van der Waals surface area (Å²) in [5.41, 5.74) is 1.33. The molecule has 1 aliphatic heterocycles. The topological polar surface area (TPSA) is 49.7 Å². The maximum atomic E-state index is 13.5. The minimum Gasteiger partial charge on any atom is -0.480 e. The molecule has 16 heavy (non-hydrogen) atoms. The molecule has 0 saturated heterocycles. The van der Waals surface area contributed by atoms with Crippen LogP contribution in [0.1, 0.15) is 11.1 Å². The van der Waals surface area contributed by atoms with Crippen LogP contribution in [-0.2, 0) is 4.79 Å². The minimum atomic E-state index is -0.962. The molecule has 0 fully saturated rings. The summed E-state index contributed by atoms with van der Waals surface area (Å²) in [4.78, 5) is 14.7. The number of hydrogen-bond acceptors (Lipinski definition) is 3. The number of carbonyl (C=O) groups is 1. The monoisotopic (exact) mass is 239 g/mol. The van der Waals surface area contributed by atoms with E-state index in [-0.39, 0.29) is 5.82 Å². The second-order valence-corrected chi connectivity index (χ2v) is 4.59. The molecule has 0 amide bonds. The number of thioether (sulfide) groups is 1. The molecule has 1 aromatic rings. The van der Waals surface area contributed by atoms with Crippen molar-refractivity contribution in [3.8, 4) is 0 Å². The first kappa shape index (κ1) is 11.1. The zero-order chi connectivity index (χ0) is 11.7. The van der Waals surface area contributed by atoms with E-state index in [1.807, 2.05) is 6.92 Å². The summed E-state index contributed by atoms with van der Waals surface area (Å²) in [6, 6.07) is 3.99. The normalized spacial score (nSPS) is 19.6. The third-order valence-electron chi connectivity index (χ3n) is 2.29. The van der Waals surface area contributed by atoms with E-state index in [4.69, 9.17) is 5.11 Å². The van der Waals surface area contributed by atoms with E-state index in [9.17, 15) is 9.18 Å². The van der Waals surface area contributed by atoms with Crippen molar-refractivity contribution in [2.24, 2.45) is 4.99 Å². The van der Waals surface area contributed by atoms with Crippen LogP contribution in [0.15, 0.2) is 23.2 Å². The van der Waals surface area contributed by atoms with E-state index >= 15 is 0 Å². The largest absolute Gasteiger partial charge is 0.480 e. The van der Waals surface area contributed by atoms with Crippen LogP contribution in [0.3, 0.4) is 0 Å². The quantitative estimate of drug-likeness (QED) is 0.859. The molecule has 0 bridgehead atoms. The Morgan fingerprint density at radius 1 is 1.62 bits per heavy atom. The molecule has 0 aromatic heterocycles. The van der Waals surface area contributed by atoms with Crippen molar-refractivity contribution in [2.75, 3.05) is 5.75 Å². The molecular formula is C11H10FNO2S. The van der Waals surface area contributed by atoms with Gasteiger partial charge in [-0.2, -0.15) is 0 Å². The molecule has 0 saturated carbocycles. The van der Waals surface area contributed by atoms with E-state index in [1.54, 1.807) is 12.1 Å². The Hall–Kier alpha value is -1.36. The molecule has 84 valence electrons. The highest BCUT2D eigenvalue weighted by Crippen LogP contribution is 2.25. The Labute approximate surface area is 96.4 Å². The van der Waals surface area contributed by atoms with Crippen molar-refractivity contribution in [2.45, 2.75) is 13.0 Å². The fourth-order valence-electron chi connectivity index (χ4n) is 1.45. The van der Waals surface area contributed by atoms with Gasteiger partial charge in [0.25, 0.3) is 0 Å². The Morgan fingerprint density at radius 2 is 2.38 bits per heavy atom. The second-order valence-electron chi connectivity index (χ2n) is 3.58. The zero-order valence-electron chi connectivity index (χ0n) is 8.61. The smallest absolute Gasteiger partial charge is 0.329 e. The predicted molar refractivity (Wildman–Crippen MR) is 61.6 cm³/mol. The van der Waals surface area contributed by atoms with Gasteiger partial charge in [-0.15, -0.1) is 11.8 Å². The number of nitrogens with zero attached hydrogens (tertiary/aromatic N) is 1. The van der Waals surface area contributed by atoms with Crippen LogP contribution in [-0.4, -0.2) is 27.9 Å². The van der Waals surface area contributed by atoms with Crippen molar-refractivity contribution in [1.29, 1.82) is 0 Å². The molecule has 0 spiro atoms. The summed E-state index contributed by atoms with van der Waals surface area (Å²) in [5.74, 6) is -0.948. The molecule has 3 nitrogen and oxygen atoms in total. The second kappa shape index (κ2) is 4.25. The maximum absolute atomic E-state index is 13.5. The van der Waals surface area contributed by atoms with Gasteiger partial charge in [-0.1, -0.05) is 11.6 Å². The van der Waals surface area contributed by atoms with Crippen LogP contribution in [0.25, 0.3) is 0 Å². The molecule has 1 atom stereocenters. The number of benzene rings is 1. The Balaban J connectivity index is 2.35. The van der Waals surface area contributed by atoms with E-state index in [1.165, 1.54) is 17.8 Å². The number of halogens is 1. The van der Waals surface area contributed by atoms with Gasteiger partial charge in [0.2, 0.25) is 0 Å². The van der Waals surface area contributed by atoms with Crippen molar-refractivity contribution < 1.29 is 14.3 Å². The molecule has 2 rings (SSSR count). The third kappa shape index (κ3) is 2.09. The van der Waals surface area contributed by atoms with Gasteiger partial charge in [0.1, 0.15) is 10.9 Å². The van der Waals surface area contributed by atoms with Gasteiger partial charge in [0.05, 0.1) is 0 Å². The lowest BCUT2D eigenvalue weighted by atomic mass is 10.1. The van der Waals surface area contributed by atoms with Crippen molar-refractivity contribution in [3.63, 3.8) is 0 Å². The van der Waals surface area contributed by atoms with Gasteiger partial charge in [-0.05, 0) is 19.1 Å². The van der Waals surface area contributed by atoms with E-state index in [0.29, 0.717) is 16.4 Å². The summed E-state index contributed by atoms with van der Waals surface area (Å²) in [6.45, 7) is 1.86. The number of aliphatic carboxylic acids is 1. The fourth-order valence-corrected chi connectivity index (χ4v) is 2.50. The van der Waals surface area contributed by atoms with Crippen LogP contribution in [0, 0.1) is 12.7 Å². The van der Waals surface area contributed by atoms with Gasteiger partial charge < -0.3 is 5.11 Å². The first-order valence-electron chi connectivity index (χ1n) is 4.78. The van der Waals surface area contributed by atoms with Gasteiger partial charge in [-0.3, -0.25) is 4.99 Å². The van der Waals surface area contributed by atoms with E-state index in [0.717, 1.165) is 5.56 Å². The molecule has 1 aromatic carbocycles. The lowest BCUT2D eigenvalue weighted by molar-refractivity contribution is -0.137. The van der Waals surface area contributed by atoms with Crippen molar-refractivity contribution in [1.82, 2.24) is 0 Å². The highest BCUT2D eigenvalue weighted by Gasteiger charge is 2.26. The molecule has 0 aliphatic carbocycles. The molecule has 1 unspecified atom stereocenters. The molecule has 1 heterocycles. The lowest BCUT2D eigenvalue weighted by Gasteiger charge is -2.02. The third-order valence-corrected chi connectivity index (χ3v) is 3.37. The Bertz CT molecular complexity index is 473. The summed E-state index contributed by atoms with van der Waals surface area (Å²) in [7, 11) is 0. The maximum Gasteiger partial charge on any atom is 0.329 e. The van der Waals surface area contributed by atoms with Gasteiger partial charge in [0.15, 0.2) is 6.04 Å². The predicted octanol–water partition coefficient (Wildman–Crippen LogP) is 2.08. The number of aryl methyl sites for hydroxylation is 1. The number of rotatable bonds is 2. The average molecular weight is 239 g/mol. The highest BCUT2D eigenvalue weighted by atomic mass is 32.2.